The second-order valence-electron chi connectivity index (χ2n) is 14.1. The van der Waals surface area contributed by atoms with E-state index in [0.717, 1.165) is 11.1 Å². The van der Waals surface area contributed by atoms with Gasteiger partial charge in [0.15, 0.2) is 18.9 Å². The number of carbonyl (C=O) groups excluding carboxylic acids is 4. The van der Waals surface area contributed by atoms with Gasteiger partial charge in [0, 0.05) is 30.3 Å². The van der Waals surface area contributed by atoms with E-state index in [4.69, 9.17) is 4.74 Å². The lowest BCUT2D eigenvalue weighted by molar-refractivity contribution is -0.688. The van der Waals surface area contributed by atoms with Gasteiger partial charge in [-0.2, -0.15) is 0 Å². The van der Waals surface area contributed by atoms with Crippen molar-refractivity contribution in [3.05, 3.63) is 144 Å². The molecule has 52 heavy (non-hydrogen) atoms. The Labute approximate surface area is 304 Å². The Balaban J connectivity index is 1.28. The van der Waals surface area contributed by atoms with Crippen molar-refractivity contribution in [3.8, 4) is 0 Å². The maximum atomic E-state index is 14.5. The monoisotopic (exact) mass is 698 g/mol. The molecule has 0 aliphatic carbocycles. The van der Waals surface area contributed by atoms with Gasteiger partial charge in [-0.1, -0.05) is 105 Å². The Morgan fingerprint density at radius 1 is 0.885 bits per heavy atom. The lowest BCUT2D eigenvalue weighted by Gasteiger charge is -2.41. The summed E-state index contributed by atoms with van der Waals surface area (Å²) in [5.74, 6) is -2.00. The molecule has 0 saturated carbocycles. The van der Waals surface area contributed by atoms with Crippen LogP contribution in [0.25, 0.3) is 5.70 Å². The molecular weight excluding hydrogens is 654 g/mol. The van der Waals surface area contributed by atoms with Gasteiger partial charge >= 0.3 is 0 Å². The largest absolute Gasteiger partial charge is 0.473 e. The van der Waals surface area contributed by atoms with E-state index in [-0.39, 0.29) is 37.3 Å². The van der Waals surface area contributed by atoms with Crippen molar-refractivity contribution in [2.45, 2.75) is 58.3 Å². The van der Waals surface area contributed by atoms with Gasteiger partial charge in [0.25, 0.3) is 17.7 Å². The standard InChI is InChI=1S/C42H43N5O5/c1-29(2)37-41(51)46(27-36(48)43-34(24-30-14-8-5-9-15-30)38(49)39-44-42(3,4)28-52-39)35(32-18-12-7-13-19-32)26-47(37)40(50)33-20-22-45(23-21-33)25-31-16-10-6-11-17-31/h5-23,26,29,34,37H,24-25,27-28H2,1-4H3/p+1/t34-,37+/m0/s1. The predicted octanol–water partition coefficient (Wildman–Crippen LogP) is 4.83. The second-order valence-corrected chi connectivity index (χ2v) is 14.1. The first-order chi connectivity index (χ1) is 25.0. The van der Waals surface area contributed by atoms with Gasteiger partial charge in [0.2, 0.25) is 11.7 Å². The van der Waals surface area contributed by atoms with Crippen LogP contribution in [0.2, 0.25) is 0 Å². The molecule has 10 heteroatoms. The third kappa shape index (κ3) is 8.34. The average Bonchev–Trinajstić information content (AvgIpc) is 3.52. The van der Waals surface area contributed by atoms with E-state index in [0.29, 0.717) is 23.4 Å². The number of rotatable bonds is 12. The van der Waals surface area contributed by atoms with E-state index in [1.165, 1.54) is 9.80 Å². The minimum atomic E-state index is -0.978. The van der Waals surface area contributed by atoms with E-state index in [2.05, 4.69) is 10.3 Å². The van der Waals surface area contributed by atoms with Crippen LogP contribution in [-0.2, 0) is 32.1 Å². The molecule has 6 rings (SSSR count). The Kier molecular flexibility index (Phi) is 10.7. The van der Waals surface area contributed by atoms with Crippen LogP contribution in [0.5, 0.6) is 0 Å². The zero-order valence-corrected chi connectivity index (χ0v) is 29.9. The van der Waals surface area contributed by atoms with Crippen molar-refractivity contribution >= 4 is 35.1 Å². The predicted molar refractivity (Wildman–Crippen MR) is 198 cm³/mol. The molecular formula is C42H44N5O5+. The molecule has 0 spiro atoms. The highest BCUT2D eigenvalue weighted by molar-refractivity contribution is 6.39. The molecule has 2 aliphatic rings. The zero-order valence-electron chi connectivity index (χ0n) is 29.9. The maximum absolute atomic E-state index is 14.5. The molecule has 2 atom stereocenters. The van der Waals surface area contributed by atoms with Crippen LogP contribution in [0, 0.1) is 5.92 Å². The number of ether oxygens (including phenoxy) is 1. The van der Waals surface area contributed by atoms with Crippen molar-refractivity contribution in [2.24, 2.45) is 10.9 Å². The van der Waals surface area contributed by atoms with Crippen LogP contribution in [0.3, 0.4) is 0 Å². The Hall–Kier alpha value is -5.90. The van der Waals surface area contributed by atoms with E-state index >= 15 is 0 Å². The number of nitrogens with one attached hydrogen (secondary N) is 1. The Morgan fingerprint density at radius 3 is 2.06 bits per heavy atom. The molecule has 1 aromatic heterocycles. The molecule has 0 fully saturated rings. The molecule has 3 aromatic carbocycles. The Bertz CT molecular complexity index is 1980. The molecule has 266 valence electrons. The normalized spacial score (nSPS) is 17.2. The van der Waals surface area contributed by atoms with Crippen molar-refractivity contribution in [3.63, 3.8) is 0 Å². The first kappa shape index (κ1) is 35.9. The highest BCUT2D eigenvalue weighted by Gasteiger charge is 2.42. The lowest BCUT2D eigenvalue weighted by Crippen LogP contribution is -2.57. The molecule has 0 radical (unpaired) electrons. The summed E-state index contributed by atoms with van der Waals surface area (Å²) in [6.07, 6.45) is 5.58. The molecule has 3 heterocycles. The van der Waals surface area contributed by atoms with Crippen LogP contribution < -0.4 is 9.88 Å². The van der Waals surface area contributed by atoms with E-state index in [1.54, 1.807) is 18.3 Å². The minimum Gasteiger partial charge on any atom is -0.473 e. The number of carbonyl (C=O) groups is 4. The molecule has 0 saturated heterocycles. The van der Waals surface area contributed by atoms with E-state index in [9.17, 15) is 19.2 Å². The quantitative estimate of drug-likeness (QED) is 0.213. The van der Waals surface area contributed by atoms with Crippen molar-refractivity contribution in [1.29, 1.82) is 0 Å². The number of ketones is 1. The summed E-state index contributed by atoms with van der Waals surface area (Å²) in [5, 5.41) is 2.88. The van der Waals surface area contributed by atoms with Gasteiger partial charge in [-0.25, -0.2) is 9.56 Å². The number of pyridine rings is 1. The summed E-state index contributed by atoms with van der Waals surface area (Å²) in [5.41, 5.74) is 2.91. The molecule has 10 nitrogen and oxygen atoms in total. The van der Waals surface area contributed by atoms with Gasteiger partial charge in [-0.3, -0.25) is 24.1 Å². The van der Waals surface area contributed by atoms with Crippen molar-refractivity contribution in [1.82, 2.24) is 15.1 Å². The van der Waals surface area contributed by atoms with Gasteiger partial charge in [-0.15, -0.1) is 0 Å². The Morgan fingerprint density at radius 2 is 1.48 bits per heavy atom. The molecule has 0 unspecified atom stereocenters. The SMILES string of the molecule is CC(C)[C@@H]1C(=O)N(CC(=O)N[C@@H](Cc2ccccc2)C(=O)C2=NC(C)(C)CO2)C(c2ccccc2)=CN1C(=O)c1cc[n+](Cc2ccccc2)cc1. The van der Waals surface area contributed by atoms with Gasteiger partial charge in [0.1, 0.15) is 25.2 Å². The van der Waals surface area contributed by atoms with Crippen LogP contribution in [0.4, 0.5) is 0 Å². The summed E-state index contributed by atoms with van der Waals surface area (Å²) in [6.45, 7) is 8.04. The summed E-state index contributed by atoms with van der Waals surface area (Å²) in [6, 6.07) is 30.2. The van der Waals surface area contributed by atoms with Crippen LogP contribution in [0.15, 0.2) is 127 Å². The minimum absolute atomic E-state index is 0.0225. The zero-order chi connectivity index (χ0) is 36.8. The number of nitrogens with zero attached hydrogens (tertiary/aromatic N) is 4. The highest BCUT2D eigenvalue weighted by atomic mass is 16.5. The fraction of sp³-hybridized carbons (Fsp3) is 0.286. The van der Waals surface area contributed by atoms with E-state index in [1.807, 2.05) is 136 Å². The van der Waals surface area contributed by atoms with Crippen LogP contribution >= 0.6 is 0 Å². The molecule has 0 bridgehead atoms. The highest BCUT2D eigenvalue weighted by Crippen LogP contribution is 2.31. The van der Waals surface area contributed by atoms with Crippen LogP contribution in [-0.4, -0.2) is 70.0 Å². The number of hydrogen-bond donors (Lipinski definition) is 1. The fourth-order valence-corrected chi connectivity index (χ4v) is 6.42. The first-order valence-electron chi connectivity index (χ1n) is 17.5. The van der Waals surface area contributed by atoms with Gasteiger partial charge < -0.3 is 15.0 Å². The number of Topliss-reactive ketones (excluding diaryl/α,β-unsaturated/α-hetero) is 1. The summed E-state index contributed by atoms with van der Waals surface area (Å²) in [7, 11) is 0. The smallest absolute Gasteiger partial charge is 0.259 e. The summed E-state index contributed by atoms with van der Waals surface area (Å²) < 4.78 is 7.64. The molecule has 1 N–H and O–H groups in total. The van der Waals surface area contributed by atoms with Gasteiger partial charge in [-0.05, 0) is 30.9 Å². The summed E-state index contributed by atoms with van der Waals surface area (Å²) in [4.78, 5) is 63.6. The second kappa shape index (κ2) is 15.6. The maximum Gasteiger partial charge on any atom is 0.259 e. The van der Waals surface area contributed by atoms with E-state index < -0.39 is 35.2 Å². The average molecular weight is 699 g/mol. The van der Waals surface area contributed by atoms with Gasteiger partial charge in [0.05, 0.1) is 16.8 Å². The van der Waals surface area contributed by atoms with Crippen LogP contribution in [0.1, 0.15) is 54.7 Å². The number of aromatic nitrogens is 1. The molecule has 4 aromatic rings. The fourth-order valence-electron chi connectivity index (χ4n) is 6.42. The third-order valence-corrected chi connectivity index (χ3v) is 9.07. The number of hydrogen-bond acceptors (Lipinski definition) is 6. The third-order valence-electron chi connectivity index (χ3n) is 9.07. The summed E-state index contributed by atoms with van der Waals surface area (Å²) >= 11 is 0. The molecule has 2 aliphatic heterocycles. The van der Waals surface area contributed by atoms with Crippen molar-refractivity contribution < 1.29 is 28.5 Å². The van der Waals surface area contributed by atoms with Crippen molar-refractivity contribution in [2.75, 3.05) is 13.2 Å². The molecule has 3 amide bonds. The number of benzene rings is 3. The first-order valence-corrected chi connectivity index (χ1v) is 17.5. The lowest BCUT2D eigenvalue weighted by atomic mass is 9.96. The topological polar surface area (TPSA) is 112 Å². The number of amides is 3. The number of aliphatic imine (C=N–C) groups is 1.